The Morgan fingerprint density at radius 3 is 2.63 bits per heavy atom. The zero-order valence-electron chi connectivity index (χ0n) is 10.7. The number of halogens is 1. The predicted octanol–water partition coefficient (Wildman–Crippen LogP) is 0.788. The van der Waals surface area contributed by atoms with Gasteiger partial charge in [0.2, 0.25) is 15.9 Å². The van der Waals surface area contributed by atoms with Crippen molar-refractivity contribution in [3.63, 3.8) is 0 Å². The summed E-state index contributed by atoms with van der Waals surface area (Å²) < 4.78 is 26.8. The van der Waals surface area contributed by atoms with E-state index in [4.69, 9.17) is 5.73 Å². The number of nitrogens with zero attached hydrogens (tertiary/aromatic N) is 1. The van der Waals surface area contributed by atoms with Crippen LogP contribution < -0.4 is 10.5 Å². The number of benzene rings is 1. The number of nitrogen functional groups attached to an aromatic ring is 1. The first-order valence-corrected chi connectivity index (χ1v) is 7.84. The molecule has 3 N–H and O–H groups in total. The van der Waals surface area contributed by atoms with E-state index < -0.39 is 10.0 Å². The highest BCUT2D eigenvalue weighted by Crippen LogP contribution is 2.22. The summed E-state index contributed by atoms with van der Waals surface area (Å²) in [5.41, 5.74) is 5.95. The van der Waals surface area contributed by atoms with Crippen molar-refractivity contribution in [3.8, 4) is 0 Å². The summed E-state index contributed by atoms with van der Waals surface area (Å²) in [5.74, 6) is -0.295. The fourth-order valence-electron chi connectivity index (χ4n) is 1.24. The number of anilines is 1. The maximum absolute atomic E-state index is 12.0. The van der Waals surface area contributed by atoms with Gasteiger partial charge in [-0.1, -0.05) is 0 Å². The Balaban J connectivity index is 2.82. The van der Waals surface area contributed by atoms with E-state index in [0.717, 1.165) is 0 Å². The van der Waals surface area contributed by atoms with Gasteiger partial charge in [-0.15, -0.1) is 0 Å². The van der Waals surface area contributed by atoms with E-state index in [1.165, 1.54) is 17.0 Å². The van der Waals surface area contributed by atoms with Gasteiger partial charge in [-0.2, -0.15) is 0 Å². The molecular formula is C11H16BrN3O3S. The second kappa shape index (κ2) is 6.36. The summed E-state index contributed by atoms with van der Waals surface area (Å²) in [6.45, 7) is 2.05. The average Bonchev–Trinajstić information content (AvgIpc) is 2.38. The molecule has 0 radical (unpaired) electrons. The van der Waals surface area contributed by atoms with E-state index in [9.17, 15) is 13.2 Å². The molecule has 0 unspecified atom stereocenters. The summed E-state index contributed by atoms with van der Waals surface area (Å²) in [6, 6.07) is 4.29. The largest absolute Gasteiger partial charge is 0.398 e. The number of hydrogen-bond acceptors (Lipinski definition) is 4. The lowest BCUT2D eigenvalue weighted by Crippen LogP contribution is -2.37. The zero-order valence-corrected chi connectivity index (χ0v) is 13.1. The number of sulfonamides is 1. The van der Waals surface area contributed by atoms with Crippen LogP contribution in [0.3, 0.4) is 0 Å². The van der Waals surface area contributed by atoms with E-state index >= 15 is 0 Å². The summed E-state index contributed by atoms with van der Waals surface area (Å²) in [6.07, 6.45) is 0. The Morgan fingerprint density at radius 1 is 1.47 bits per heavy atom. The molecule has 1 amide bonds. The van der Waals surface area contributed by atoms with Gasteiger partial charge in [0.15, 0.2) is 0 Å². The van der Waals surface area contributed by atoms with Crippen molar-refractivity contribution in [3.05, 3.63) is 22.7 Å². The van der Waals surface area contributed by atoms with Crippen molar-refractivity contribution >= 4 is 37.5 Å². The summed E-state index contributed by atoms with van der Waals surface area (Å²) in [4.78, 5) is 13.0. The molecule has 0 aliphatic rings. The molecule has 0 spiro atoms. The summed E-state index contributed by atoms with van der Waals surface area (Å²) >= 11 is 3.19. The molecule has 1 rings (SSSR count). The van der Waals surface area contributed by atoms with Gasteiger partial charge in [-0.3, -0.25) is 4.79 Å². The van der Waals surface area contributed by atoms with Crippen LogP contribution in [0.4, 0.5) is 5.69 Å². The van der Waals surface area contributed by atoms with Gasteiger partial charge in [0.1, 0.15) is 0 Å². The molecule has 6 nitrogen and oxygen atoms in total. The molecule has 0 saturated heterocycles. The Bertz CT molecular complexity index is 575. The summed E-state index contributed by atoms with van der Waals surface area (Å²) in [7, 11) is -2.13. The zero-order chi connectivity index (χ0) is 14.6. The summed E-state index contributed by atoms with van der Waals surface area (Å²) in [5, 5.41) is 0. The highest BCUT2D eigenvalue weighted by Gasteiger charge is 2.17. The third kappa shape index (κ3) is 4.19. The number of amides is 1. The third-order valence-corrected chi connectivity index (χ3v) is 4.71. The Labute approximate surface area is 121 Å². The molecule has 0 saturated carbocycles. The molecule has 19 heavy (non-hydrogen) atoms. The minimum atomic E-state index is -3.73. The maximum Gasteiger partial charge on any atom is 0.241 e. The second-order valence-corrected chi connectivity index (χ2v) is 6.54. The van der Waals surface area contributed by atoms with Crippen molar-refractivity contribution in [2.24, 2.45) is 0 Å². The van der Waals surface area contributed by atoms with Crippen molar-refractivity contribution in [2.75, 3.05) is 25.9 Å². The van der Waals surface area contributed by atoms with E-state index in [-0.39, 0.29) is 17.3 Å². The van der Waals surface area contributed by atoms with Crippen molar-refractivity contribution in [1.82, 2.24) is 9.62 Å². The molecule has 8 heteroatoms. The number of nitrogens with one attached hydrogen (secondary N) is 1. The van der Waals surface area contributed by atoms with E-state index in [2.05, 4.69) is 20.7 Å². The quantitative estimate of drug-likeness (QED) is 0.768. The first-order chi connectivity index (χ1) is 8.77. The number of carbonyl (C=O) groups excluding carboxylic acids is 1. The average molecular weight is 350 g/mol. The molecule has 0 heterocycles. The standard InChI is InChI=1S/C11H16BrN3O3S/c1-3-15(2)11(16)7-14-19(17,18)8-4-5-9(12)10(13)6-8/h4-6,14H,3,7,13H2,1-2H3. The van der Waals surface area contributed by atoms with E-state index in [0.29, 0.717) is 16.7 Å². The predicted molar refractivity (Wildman–Crippen MR) is 77.1 cm³/mol. The van der Waals surface area contributed by atoms with Crippen molar-refractivity contribution < 1.29 is 13.2 Å². The minimum absolute atomic E-state index is 0.0279. The lowest BCUT2D eigenvalue weighted by atomic mass is 10.3. The first kappa shape index (κ1) is 15.9. The van der Waals surface area contributed by atoms with Crippen molar-refractivity contribution in [2.45, 2.75) is 11.8 Å². The van der Waals surface area contributed by atoms with Crippen LogP contribution in [0.5, 0.6) is 0 Å². The minimum Gasteiger partial charge on any atom is -0.398 e. The molecule has 1 aromatic rings. The third-order valence-electron chi connectivity index (χ3n) is 2.59. The van der Waals surface area contributed by atoms with Gasteiger partial charge in [0.25, 0.3) is 0 Å². The van der Waals surface area contributed by atoms with Gasteiger partial charge < -0.3 is 10.6 Å². The van der Waals surface area contributed by atoms with Crippen LogP contribution in [0.2, 0.25) is 0 Å². The number of hydrogen-bond donors (Lipinski definition) is 2. The van der Waals surface area contributed by atoms with Crippen LogP contribution in [0.1, 0.15) is 6.92 Å². The van der Waals surface area contributed by atoms with E-state index in [1.54, 1.807) is 13.1 Å². The highest BCUT2D eigenvalue weighted by molar-refractivity contribution is 9.10. The van der Waals surface area contributed by atoms with Crippen molar-refractivity contribution in [1.29, 1.82) is 0 Å². The molecule has 0 atom stereocenters. The highest BCUT2D eigenvalue weighted by atomic mass is 79.9. The molecule has 0 aromatic heterocycles. The molecular weight excluding hydrogens is 334 g/mol. The SMILES string of the molecule is CCN(C)C(=O)CNS(=O)(=O)c1ccc(Br)c(N)c1. The van der Waals surface area contributed by atoms with Gasteiger partial charge in [-0.25, -0.2) is 13.1 Å². The van der Waals surface area contributed by atoms with Crippen LogP contribution in [0.25, 0.3) is 0 Å². The fourth-order valence-corrected chi connectivity index (χ4v) is 2.50. The van der Waals surface area contributed by atoms with Crippen LogP contribution in [-0.2, 0) is 14.8 Å². The Hall–Kier alpha value is -1.12. The molecule has 1 aromatic carbocycles. The molecule has 0 fully saturated rings. The lowest BCUT2D eigenvalue weighted by molar-refractivity contribution is -0.128. The van der Waals surface area contributed by atoms with Crippen LogP contribution in [0.15, 0.2) is 27.6 Å². The Morgan fingerprint density at radius 2 is 2.11 bits per heavy atom. The van der Waals surface area contributed by atoms with E-state index in [1.807, 2.05) is 6.92 Å². The van der Waals surface area contributed by atoms with Gasteiger partial charge >= 0.3 is 0 Å². The Kier molecular flexibility index (Phi) is 5.33. The van der Waals surface area contributed by atoms with Crippen LogP contribution in [0, 0.1) is 0 Å². The van der Waals surface area contributed by atoms with Gasteiger partial charge in [0.05, 0.1) is 11.4 Å². The van der Waals surface area contributed by atoms with Crippen LogP contribution >= 0.6 is 15.9 Å². The topological polar surface area (TPSA) is 92.5 Å². The maximum atomic E-state index is 12.0. The monoisotopic (exact) mass is 349 g/mol. The molecule has 0 bridgehead atoms. The smallest absolute Gasteiger partial charge is 0.241 e. The number of likely N-dealkylation sites (N-methyl/N-ethyl adjacent to an activating group) is 1. The van der Waals surface area contributed by atoms with Gasteiger partial charge in [-0.05, 0) is 41.1 Å². The molecule has 106 valence electrons. The van der Waals surface area contributed by atoms with Gasteiger partial charge in [0, 0.05) is 23.8 Å². The molecule has 0 aliphatic heterocycles. The fraction of sp³-hybridized carbons (Fsp3) is 0.364. The number of rotatable bonds is 5. The normalized spacial score (nSPS) is 11.3. The number of carbonyl (C=O) groups is 1. The second-order valence-electron chi connectivity index (χ2n) is 3.92. The number of nitrogens with two attached hydrogens (primary N) is 1. The lowest BCUT2D eigenvalue weighted by Gasteiger charge is -2.15. The first-order valence-electron chi connectivity index (χ1n) is 5.56. The molecule has 0 aliphatic carbocycles. The van der Waals surface area contributed by atoms with Crippen LogP contribution in [-0.4, -0.2) is 39.4 Å².